The number of rotatable bonds is 6. The van der Waals surface area contributed by atoms with Gasteiger partial charge in [-0.25, -0.2) is 0 Å². The van der Waals surface area contributed by atoms with Crippen LogP contribution in [0.1, 0.15) is 53.4 Å². The normalized spacial score (nSPS) is 29.4. The molecule has 2 atom stereocenters. The van der Waals surface area contributed by atoms with E-state index in [9.17, 15) is 4.79 Å². The number of carbonyl (C=O) groups is 1. The van der Waals surface area contributed by atoms with Crippen molar-refractivity contribution in [2.24, 2.45) is 11.8 Å². The Balaban J connectivity index is 2.09. The van der Waals surface area contributed by atoms with Crippen LogP contribution in [0.5, 0.6) is 0 Å². The Kier molecular flexibility index (Phi) is 4.75. The van der Waals surface area contributed by atoms with Gasteiger partial charge in [-0.15, -0.1) is 0 Å². The second-order valence-corrected chi connectivity index (χ2v) is 7.24. The van der Waals surface area contributed by atoms with Gasteiger partial charge in [-0.05, 0) is 37.5 Å². The van der Waals surface area contributed by atoms with Crippen molar-refractivity contribution in [3.8, 4) is 0 Å². The molecule has 1 saturated heterocycles. The molecule has 0 bridgehead atoms. The van der Waals surface area contributed by atoms with E-state index in [1.165, 1.54) is 6.42 Å². The highest BCUT2D eigenvalue weighted by Gasteiger charge is 2.46. The van der Waals surface area contributed by atoms with Gasteiger partial charge >= 0.3 is 0 Å². The topological polar surface area (TPSA) is 41.6 Å². The Morgan fingerprint density at radius 1 is 1.35 bits per heavy atom. The number of ether oxygens (including phenoxy) is 1. The second kappa shape index (κ2) is 6.02. The summed E-state index contributed by atoms with van der Waals surface area (Å²) >= 11 is 0. The maximum atomic E-state index is 12.7. The first kappa shape index (κ1) is 15.8. The van der Waals surface area contributed by atoms with Gasteiger partial charge in [0.05, 0.1) is 24.4 Å². The molecule has 1 amide bonds. The van der Waals surface area contributed by atoms with E-state index in [2.05, 4.69) is 33.0 Å². The van der Waals surface area contributed by atoms with Crippen molar-refractivity contribution in [1.82, 2.24) is 10.2 Å². The zero-order valence-corrected chi connectivity index (χ0v) is 13.6. The summed E-state index contributed by atoms with van der Waals surface area (Å²) in [6.45, 7) is 9.44. The molecule has 2 aliphatic rings. The molecule has 4 heteroatoms. The number of amides is 1. The third-order valence-corrected chi connectivity index (χ3v) is 4.78. The first-order valence-electron chi connectivity index (χ1n) is 8.00. The summed E-state index contributed by atoms with van der Waals surface area (Å²) in [6, 6.07) is -0.0172. The Bertz CT molecular complexity index is 345. The van der Waals surface area contributed by atoms with Crippen molar-refractivity contribution in [2.45, 2.75) is 71.2 Å². The molecule has 1 aliphatic heterocycles. The van der Waals surface area contributed by atoms with E-state index >= 15 is 0 Å². The number of carbonyl (C=O) groups excluding carboxylic acids is 1. The molecule has 1 aliphatic carbocycles. The maximum Gasteiger partial charge on any atom is 0.241 e. The van der Waals surface area contributed by atoms with Crippen LogP contribution in [0.4, 0.5) is 0 Å². The fourth-order valence-corrected chi connectivity index (χ4v) is 3.38. The van der Waals surface area contributed by atoms with Crippen LogP contribution in [-0.4, -0.2) is 42.3 Å². The smallest absolute Gasteiger partial charge is 0.241 e. The molecule has 1 heterocycles. The summed E-state index contributed by atoms with van der Waals surface area (Å²) in [4.78, 5) is 14.7. The molecule has 1 saturated carbocycles. The van der Waals surface area contributed by atoms with Crippen LogP contribution < -0.4 is 5.32 Å². The Morgan fingerprint density at radius 3 is 2.40 bits per heavy atom. The molecule has 2 unspecified atom stereocenters. The SMILES string of the molecule is COC1(CN2C(=O)C(CC(C)C)NC2C(C)C)CCC1. The van der Waals surface area contributed by atoms with Crippen LogP contribution in [-0.2, 0) is 9.53 Å². The van der Waals surface area contributed by atoms with Crippen LogP contribution >= 0.6 is 0 Å². The van der Waals surface area contributed by atoms with E-state index in [1.54, 1.807) is 7.11 Å². The predicted molar refractivity (Wildman–Crippen MR) is 80.3 cm³/mol. The predicted octanol–water partition coefficient (Wildman–Crippen LogP) is 2.38. The fraction of sp³-hybridized carbons (Fsp3) is 0.938. The Morgan fingerprint density at radius 2 is 2.00 bits per heavy atom. The fourth-order valence-electron chi connectivity index (χ4n) is 3.38. The molecule has 116 valence electrons. The van der Waals surface area contributed by atoms with Crippen molar-refractivity contribution in [2.75, 3.05) is 13.7 Å². The lowest BCUT2D eigenvalue weighted by molar-refractivity contribution is -0.141. The minimum Gasteiger partial charge on any atom is -0.376 e. The standard InChI is InChI=1S/C16H30N2O2/c1-11(2)9-13-15(19)18(14(17-13)12(3)4)10-16(20-5)7-6-8-16/h11-14,17H,6-10H2,1-5H3. The molecule has 2 fully saturated rings. The average Bonchev–Trinajstić information content (AvgIpc) is 2.61. The van der Waals surface area contributed by atoms with Crippen LogP contribution in [0.15, 0.2) is 0 Å². The van der Waals surface area contributed by atoms with Crippen LogP contribution in [0.25, 0.3) is 0 Å². The van der Waals surface area contributed by atoms with Crippen LogP contribution in [0, 0.1) is 11.8 Å². The highest BCUT2D eigenvalue weighted by Crippen LogP contribution is 2.37. The second-order valence-electron chi connectivity index (χ2n) is 7.24. The first-order chi connectivity index (χ1) is 9.38. The van der Waals surface area contributed by atoms with Crippen molar-refractivity contribution in [3.05, 3.63) is 0 Å². The van der Waals surface area contributed by atoms with Gasteiger partial charge in [0.2, 0.25) is 5.91 Å². The van der Waals surface area contributed by atoms with Gasteiger partial charge in [-0.3, -0.25) is 10.1 Å². The lowest BCUT2D eigenvalue weighted by Crippen LogP contribution is -2.54. The molecule has 0 aromatic rings. The van der Waals surface area contributed by atoms with Crippen molar-refractivity contribution in [1.29, 1.82) is 0 Å². The van der Waals surface area contributed by atoms with Gasteiger partial charge in [0, 0.05) is 7.11 Å². The quantitative estimate of drug-likeness (QED) is 0.813. The number of nitrogens with zero attached hydrogens (tertiary/aromatic N) is 1. The number of hydrogen-bond donors (Lipinski definition) is 1. The number of methoxy groups -OCH3 is 1. The minimum atomic E-state index is -0.0861. The molecule has 2 rings (SSSR count). The van der Waals surface area contributed by atoms with Gasteiger partial charge < -0.3 is 9.64 Å². The third kappa shape index (κ3) is 3.01. The zero-order valence-electron chi connectivity index (χ0n) is 13.6. The Labute approximate surface area is 123 Å². The summed E-state index contributed by atoms with van der Waals surface area (Å²) < 4.78 is 5.71. The molecule has 0 spiro atoms. The van der Waals surface area contributed by atoms with Crippen molar-refractivity contribution >= 4 is 5.91 Å². The van der Waals surface area contributed by atoms with Crippen LogP contribution in [0.2, 0.25) is 0 Å². The summed E-state index contributed by atoms with van der Waals surface area (Å²) in [5, 5.41) is 3.54. The summed E-state index contributed by atoms with van der Waals surface area (Å²) in [7, 11) is 1.78. The van der Waals surface area contributed by atoms with Gasteiger partial charge in [-0.1, -0.05) is 27.7 Å². The van der Waals surface area contributed by atoms with Crippen molar-refractivity contribution in [3.63, 3.8) is 0 Å². The highest BCUT2D eigenvalue weighted by molar-refractivity contribution is 5.84. The maximum absolute atomic E-state index is 12.7. The number of hydrogen-bond acceptors (Lipinski definition) is 3. The van der Waals surface area contributed by atoms with Crippen LogP contribution in [0.3, 0.4) is 0 Å². The molecule has 4 nitrogen and oxygen atoms in total. The first-order valence-corrected chi connectivity index (χ1v) is 8.00. The highest BCUT2D eigenvalue weighted by atomic mass is 16.5. The molecule has 1 N–H and O–H groups in total. The lowest BCUT2D eigenvalue weighted by atomic mass is 9.79. The summed E-state index contributed by atoms with van der Waals surface area (Å²) in [5.74, 6) is 1.22. The molecular weight excluding hydrogens is 252 g/mol. The summed E-state index contributed by atoms with van der Waals surface area (Å²) in [5.41, 5.74) is -0.0861. The van der Waals surface area contributed by atoms with E-state index in [-0.39, 0.29) is 23.7 Å². The monoisotopic (exact) mass is 282 g/mol. The van der Waals surface area contributed by atoms with E-state index in [0.717, 1.165) is 25.8 Å². The summed E-state index contributed by atoms with van der Waals surface area (Å²) in [6.07, 6.45) is 4.43. The Hall–Kier alpha value is -0.610. The third-order valence-electron chi connectivity index (χ3n) is 4.78. The van der Waals surface area contributed by atoms with Crippen molar-refractivity contribution < 1.29 is 9.53 Å². The van der Waals surface area contributed by atoms with Gasteiger partial charge in [0.15, 0.2) is 0 Å². The molecular formula is C16H30N2O2. The lowest BCUT2D eigenvalue weighted by Gasteiger charge is -2.44. The zero-order chi connectivity index (χ0) is 14.9. The average molecular weight is 282 g/mol. The van der Waals surface area contributed by atoms with Gasteiger partial charge in [0.25, 0.3) is 0 Å². The molecule has 20 heavy (non-hydrogen) atoms. The molecule has 0 aromatic heterocycles. The molecule has 0 aromatic carbocycles. The minimum absolute atomic E-state index is 0.0172. The number of nitrogens with one attached hydrogen (secondary N) is 1. The largest absolute Gasteiger partial charge is 0.376 e. The van der Waals surface area contributed by atoms with Gasteiger partial charge in [-0.2, -0.15) is 0 Å². The molecule has 0 radical (unpaired) electrons. The van der Waals surface area contributed by atoms with E-state index in [4.69, 9.17) is 4.74 Å². The van der Waals surface area contributed by atoms with E-state index in [1.807, 2.05) is 4.90 Å². The van der Waals surface area contributed by atoms with E-state index < -0.39 is 0 Å². The van der Waals surface area contributed by atoms with Gasteiger partial charge in [0.1, 0.15) is 0 Å². The van der Waals surface area contributed by atoms with E-state index in [0.29, 0.717) is 11.8 Å².